The molecule has 5 nitrogen and oxygen atoms in total. The number of thiophene rings is 1. The normalized spacial score (nSPS) is 12.8. The first-order chi connectivity index (χ1) is 15.1. The second kappa shape index (κ2) is 9.83. The Morgan fingerprint density at radius 1 is 1.32 bits per heavy atom. The number of carbonyl (C=O) groups excluding carboxylic acids is 1. The molecule has 3 aromatic rings. The second-order valence-electron chi connectivity index (χ2n) is 7.77. The first-order valence-corrected chi connectivity index (χ1v) is 12.6. The number of benzene rings is 1. The van der Waals surface area contributed by atoms with Crippen molar-refractivity contribution in [2.24, 2.45) is 0 Å². The standard InChI is InChI=1S/C24H27N3O2S2/c1-3-5-7-16-10-12-17(13-11-16)25-20(28)15-30-24-26-22-21(23(29)27(24)14-4-2)18-8-6-9-19(18)31-22/h4,10-13H,2-3,5-9,14-15H2,1H3,(H,25,28). The Hall–Kier alpha value is -2.38. The van der Waals surface area contributed by atoms with Crippen molar-refractivity contribution in [3.05, 3.63) is 63.3 Å². The predicted molar refractivity (Wildman–Crippen MR) is 131 cm³/mol. The SMILES string of the molecule is C=CCn1c(SCC(=O)Nc2ccc(CCCC)cc2)nc2sc3c(c2c1=O)CCC3. The van der Waals surface area contributed by atoms with Crippen LogP contribution in [0.25, 0.3) is 10.2 Å². The predicted octanol–water partition coefficient (Wildman–Crippen LogP) is 5.21. The summed E-state index contributed by atoms with van der Waals surface area (Å²) >= 11 is 2.92. The van der Waals surface area contributed by atoms with Crippen LogP contribution in [0.2, 0.25) is 0 Å². The van der Waals surface area contributed by atoms with E-state index in [4.69, 9.17) is 4.98 Å². The number of allylic oxidation sites excluding steroid dienone is 1. The molecule has 0 spiro atoms. The summed E-state index contributed by atoms with van der Waals surface area (Å²) in [4.78, 5) is 32.5. The topological polar surface area (TPSA) is 64.0 Å². The molecule has 1 aliphatic rings. The van der Waals surface area contributed by atoms with Gasteiger partial charge in [-0.05, 0) is 55.4 Å². The van der Waals surface area contributed by atoms with Crippen molar-refractivity contribution < 1.29 is 4.79 Å². The van der Waals surface area contributed by atoms with Gasteiger partial charge in [-0.2, -0.15) is 0 Å². The van der Waals surface area contributed by atoms with E-state index >= 15 is 0 Å². The van der Waals surface area contributed by atoms with Gasteiger partial charge in [-0.15, -0.1) is 17.9 Å². The number of carbonyl (C=O) groups is 1. The molecule has 0 atom stereocenters. The summed E-state index contributed by atoms with van der Waals surface area (Å²) in [6, 6.07) is 8.01. The number of aryl methyl sites for hydroxylation is 3. The fourth-order valence-electron chi connectivity index (χ4n) is 3.92. The van der Waals surface area contributed by atoms with E-state index in [9.17, 15) is 9.59 Å². The molecule has 0 radical (unpaired) electrons. The number of fused-ring (bicyclic) bond motifs is 3. The maximum atomic E-state index is 13.2. The van der Waals surface area contributed by atoms with Crippen LogP contribution in [0.15, 0.2) is 46.9 Å². The van der Waals surface area contributed by atoms with Crippen LogP contribution in [0.1, 0.15) is 42.2 Å². The number of amides is 1. The number of thioether (sulfide) groups is 1. The average molecular weight is 454 g/mol. The molecule has 1 aliphatic carbocycles. The minimum Gasteiger partial charge on any atom is -0.325 e. The molecule has 2 aromatic heterocycles. The van der Waals surface area contributed by atoms with Gasteiger partial charge in [0.05, 0.1) is 11.1 Å². The first kappa shape index (κ1) is 21.8. The molecule has 1 amide bonds. The molecule has 0 aliphatic heterocycles. The highest BCUT2D eigenvalue weighted by atomic mass is 32.2. The lowest BCUT2D eigenvalue weighted by Crippen LogP contribution is -2.24. The Bertz CT molecular complexity index is 1160. The van der Waals surface area contributed by atoms with Crippen molar-refractivity contribution >= 4 is 44.9 Å². The average Bonchev–Trinajstić information content (AvgIpc) is 3.35. The summed E-state index contributed by atoms with van der Waals surface area (Å²) in [6.45, 7) is 6.35. The molecule has 31 heavy (non-hydrogen) atoms. The summed E-state index contributed by atoms with van der Waals surface area (Å²) in [5.74, 6) is 0.0806. The highest BCUT2D eigenvalue weighted by molar-refractivity contribution is 7.99. The van der Waals surface area contributed by atoms with E-state index in [2.05, 4.69) is 31.0 Å². The molecular formula is C24H27N3O2S2. The van der Waals surface area contributed by atoms with Crippen molar-refractivity contribution in [1.29, 1.82) is 0 Å². The second-order valence-corrected chi connectivity index (χ2v) is 9.80. The van der Waals surface area contributed by atoms with Crippen LogP contribution in [0.5, 0.6) is 0 Å². The van der Waals surface area contributed by atoms with E-state index in [-0.39, 0.29) is 17.2 Å². The minimum absolute atomic E-state index is 0.0186. The molecular weight excluding hydrogens is 426 g/mol. The number of anilines is 1. The number of hydrogen-bond acceptors (Lipinski definition) is 5. The van der Waals surface area contributed by atoms with Crippen molar-refractivity contribution in [3.63, 3.8) is 0 Å². The summed E-state index contributed by atoms with van der Waals surface area (Å²) in [5.41, 5.74) is 3.22. The third kappa shape index (κ3) is 4.77. The fraction of sp³-hybridized carbons (Fsp3) is 0.375. The van der Waals surface area contributed by atoms with Crippen molar-refractivity contribution in [2.45, 2.75) is 57.1 Å². The van der Waals surface area contributed by atoms with Gasteiger partial charge in [0.1, 0.15) is 4.83 Å². The molecule has 0 bridgehead atoms. The molecule has 1 N–H and O–H groups in total. The minimum atomic E-state index is -0.112. The maximum Gasteiger partial charge on any atom is 0.263 e. The summed E-state index contributed by atoms with van der Waals surface area (Å²) in [6.07, 6.45) is 8.17. The van der Waals surface area contributed by atoms with Crippen LogP contribution in [-0.4, -0.2) is 21.2 Å². The number of nitrogens with zero attached hydrogens (tertiary/aromatic N) is 2. The van der Waals surface area contributed by atoms with Gasteiger partial charge in [0.2, 0.25) is 5.91 Å². The Balaban J connectivity index is 1.48. The van der Waals surface area contributed by atoms with Gasteiger partial charge in [-0.1, -0.05) is 43.3 Å². The lowest BCUT2D eigenvalue weighted by atomic mass is 10.1. The number of rotatable bonds is 9. The molecule has 4 rings (SSSR count). The van der Waals surface area contributed by atoms with Gasteiger partial charge in [0.15, 0.2) is 5.16 Å². The van der Waals surface area contributed by atoms with E-state index in [0.29, 0.717) is 11.7 Å². The number of unbranched alkanes of at least 4 members (excludes halogenated alkanes) is 1. The van der Waals surface area contributed by atoms with E-state index in [1.54, 1.807) is 22.0 Å². The summed E-state index contributed by atoms with van der Waals surface area (Å²) in [7, 11) is 0. The van der Waals surface area contributed by atoms with Crippen LogP contribution < -0.4 is 10.9 Å². The molecule has 0 saturated carbocycles. The van der Waals surface area contributed by atoms with Crippen LogP contribution in [0.3, 0.4) is 0 Å². The molecule has 1 aromatic carbocycles. The highest BCUT2D eigenvalue weighted by Gasteiger charge is 2.23. The lowest BCUT2D eigenvalue weighted by molar-refractivity contribution is -0.113. The monoisotopic (exact) mass is 453 g/mol. The van der Waals surface area contributed by atoms with Crippen LogP contribution in [-0.2, 0) is 30.6 Å². The van der Waals surface area contributed by atoms with Gasteiger partial charge in [-0.3, -0.25) is 14.2 Å². The lowest BCUT2D eigenvalue weighted by Gasteiger charge is -2.11. The molecule has 162 valence electrons. The van der Waals surface area contributed by atoms with E-state index in [0.717, 1.165) is 41.6 Å². The fourth-order valence-corrected chi connectivity index (χ4v) is 6.03. The summed E-state index contributed by atoms with van der Waals surface area (Å²) < 4.78 is 1.64. The van der Waals surface area contributed by atoms with Crippen LogP contribution >= 0.6 is 23.1 Å². The third-order valence-electron chi connectivity index (χ3n) is 5.49. The molecule has 7 heteroatoms. The zero-order chi connectivity index (χ0) is 21.8. The number of nitrogens with one attached hydrogen (secondary N) is 1. The van der Waals surface area contributed by atoms with Crippen LogP contribution in [0.4, 0.5) is 5.69 Å². The zero-order valence-electron chi connectivity index (χ0n) is 17.8. The Kier molecular flexibility index (Phi) is 6.92. The quantitative estimate of drug-likeness (QED) is 0.275. The zero-order valence-corrected chi connectivity index (χ0v) is 19.4. The van der Waals surface area contributed by atoms with Gasteiger partial charge in [-0.25, -0.2) is 4.98 Å². The van der Waals surface area contributed by atoms with Crippen molar-refractivity contribution in [1.82, 2.24) is 9.55 Å². The van der Waals surface area contributed by atoms with Crippen molar-refractivity contribution in [3.8, 4) is 0 Å². The molecule has 0 unspecified atom stereocenters. The Labute approximate surface area is 190 Å². The van der Waals surface area contributed by atoms with Gasteiger partial charge in [0.25, 0.3) is 5.56 Å². The molecule has 2 heterocycles. The maximum absolute atomic E-state index is 13.2. The van der Waals surface area contributed by atoms with Crippen molar-refractivity contribution in [2.75, 3.05) is 11.1 Å². The van der Waals surface area contributed by atoms with Gasteiger partial charge < -0.3 is 5.32 Å². The van der Waals surface area contributed by atoms with Crippen LogP contribution in [0, 0.1) is 0 Å². The van der Waals surface area contributed by atoms with E-state index < -0.39 is 0 Å². The summed E-state index contributed by atoms with van der Waals surface area (Å²) in [5, 5.41) is 4.27. The van der Waals surface area contributed by atoms with E-state index in [1.807, 2.05) is 12.1 Å². The van der Waals surface area contributed by atoms with E-state index in [1.165, 1.54) is 40.6 Å². The largest absolute Gasteiger partial charge is 0.325 e. The third-order valence-corrected chi connectivity index (χ3v) is 7.65. The number of aromatic nitrogens is 2. The van der Waals surface area contributed by atoms with Gasteiger partial charge >= 0.3 is 0 Å². The highest BCUT2D eigenvalue weighted by Crippen LogP contribution is 2.35. The molecule has 0 fully saturated rings. The number of hydrogen-bond donors (Lipinski definition) is 1. The Morgan fingerprint density at radius 3 is 2.87 bits per heavy atom. The molecule has 0 saturated heterocycles. The smallest absolute Gasteiger partial charge is 0.263 e. The Morgan fingerprint density at radius 2 is 2.13 bits per heavy atom. The first-order valence-electron chi connectivity index (χ1n) is 10.8. The van der Waals surface area contributed by atoms with Gasteiger partial charge in [0, 0.05) is 17.1 Å².